The van der Waals surface area contributed by atoms with Gasteiger partial charge in [-0.15, -0.1) is 11.3 Å². The van der Waals surface area contributed by atoms with Gasteiger partial charge in [0.1, 0.15) is 11.1 Å². The van der Waals surface area contributed by atoms with E-state index in [9.17, 15) is 0 Å². The molecule has 2 atom stereocenters. The molecule has 0 amide bonds. The molecule has 2 aliphatic rings. The Hall–Kier alpha value is -1.23. The van der Waals surface area contributed by atoms with Crippen molar-refractivity contribution < 1.29 is 4.74 Å². The van der Waals surface area contributed by atoms with Crippen molar-refractivity contribution >= 4 is 11.3 Å². The molecule has 4 heteroatoms. The summed E-state index contributed by atoms with van der Waals surface area (Å²) in [5.74, 6) is 0.581. The fourth-order valence-electron chi connectivity index (χ4n) is 3.11. The molecule has 1 N–H and O–H groups in total. The van der Waals surface area contributed by atoms with Gasteiger partial charge in [0, 0.05) is 23.5 Å². The maximum atomic E-state index is 5.84. The second kappa shape index (κ2) is 4.95. The molecule has 4 rings (SSSR count). The van der Waals surface area contributed by atoms with E-state index in [1.54, 1.807) is 0 Å². The van der Waals surface area contributed by atoms with Crippen molar-refractivity contribution in [3.63, 3.8) is 0 Å². The Morgan fingerprint density at radius 3 is 3.10 bits per heavy atom. The first-order valence-corrected chi connectivity index (χ1v) is 8.06. The Kier molecular flexibility index (Phi) is 3.10. The molecule has 1 saturated heterocycles. The summed E-state index contributed by atoms with van der Waals surface area (Å²) in [7, 11) is 0. The van der Waals surface area contributed by atoms with Gasteiger partial charge in [-0.25, -0.2) is 4.98 Å². The van der Waals surface area contributed by atoms with Crippen LogP contribution in [0.25, 0.3) is 11.3 Å². The SMILES string of the molecule is CC1Cc2sc(C3CNCCO3)nc2-c2ccccc21. The van der Waals surface area contributed by atoms with E-state index in [2.05, 4.69) is 36.5 Å². The van der Waals surface area contributed by atoms with Crippen molar-refractivity contribution in [3.05, 3.63) is 39.7 Å². The van der Waals surface area contributed by atoms with Gasteiger partial charge in [0.2, 0.25) is 0 Å². The number of nitrogens with one attached hydrogen (secondary N) is 1. The summed E-state index contributed by atoms with van der Waals surface area (Å²) in [6.07, 6.45) is 1.23. The van der Waals surface area contributed by atoms with Crippen molar-refractivity contribution in [2.75, 3.05) is 19.7 Å². The van der Waals surface area contributed by atoms with E-state index in [0.29, 0.717) is 5.92 Å². The van der Waals surface area contributed by atoms with Gasteiger partial charge in [-0.2, -0.15) is 0 Å². The van der Waals surface area contributed by atoms with E-state index in [-0.39, 0.29) is 6.10 Å². The Morgan fingerprint density at radius 1 is 1.35 bits per heavy atom. The zero-order valence-electron chi connectivity index (χ0n) is 11.6. The fraction of sp³-hybridized carbons (Fsp3) is 0.438. The van der Waals surface area contributed by atoms with Crippen LogP contribution in [0.1, 0.15) is 34.4 Å². The monoisotopic (exact) mass is 286 g/mol. The molecule has 0 saturated carbocycles. The first kappa shape index (κ1) is 12.5. The van der Waals surface area contributed by atoms with E-state index in [0.717, 1.165) is 31.1 Å². The minimum absolute atomic E-state index is 0.127. The molecule has 1 aliphatic heterocycles. The average molecular weight is 286 g/mol. The van der Waals surface area contributed by atoms with Gasteiger partial charge in [-0.05, 0) is 17.9 Å². The van der Waals surface area contributed by atoms with Crippen molar-refractivity contribution in [2.24, 2.45) is 0 Å². The number of hydrogen-bond acceptors (Lipinski definition) is 4. The smallest absolute Gasteiger partial charge is 0.124 e. The molecule has 0 bridgehead atoms. The van der Waals surface area contributed by atoms with Crippen LogP contribution in [0.2, 0.25) is 0 Å². The lowest BCUT2D eigenvalue weighted by Gasteiger charge is -2.21. The summed E-state index contributed by atoms with van der Waals surface area (Å²) in [5.41, 5.74) is 3.93. The normalized spacial score (nSPS) is 25.1. The number of benzene rings is 1. The largest absolute Gasteiger partial charge is 0.368 e. The zero-order chi connectivity index (χ0) is 13.5. The summed E-state index contributed by atoms with van der Waals surface area (Å²) in [6, 6.07) is 8.67. The van der Waals surface area contributed by atoms with Gasteiger partial charge in [-0.1, -0.05) is 31.2 Å². The second-order valence-corrected chi connectivity index (χ2v) is 6.70. The van der Waals surface area contributed by atoms with Crippen molar-refractivity contribution in [3.8, 4) is 11.3 Å². The van der Waals surface area contributed by atoms with Gasteiger partial charge in [-0.3, -0.25) is 0 Å². The topological polar surface area (TPSA) is 34.1 Å². The summed E-state index contributed by atoms with van der Waals surface area (Å²) in [6.45, 7) is 4.91. The van der Waals surface area contributed by atoms with Crippen LogP contribution in [0.15, 0.2) is 24.3 Å². The maximum absolute atomic E-state index is 5.84. The van der Waals surface area contributed by atoms with Crippen LogP contribution in [0.3, 0.4) is 0 Å². The molecule has 2 unspecified atom stereocenters. The fourth-order valence-corrected chi connectivity index (χ4v) is 4.37. The molecule has 1 aromatic carbocycles. The number of thiazole rings is 1. The molecular formula is C16H18N2OS. The summed E-state index contributed by atoms with van der Waals surface area (Å²) in [5, 5.41) is 4.51. The van der Waals surface area contributed by atoms with Crippen LogP contribution in [0.5, 0.6) is 0 Å². The molecule has 1 aromatic heterocycles. The van der Waals surface area contributed by atoms with E-state index >= 15 is 0 Å². The van der Waals surface area contributed by atoms with E-state index in [1.165, 1.54) is 21.7 Å². The maximum Gasteiger partial charge on any atom is 0.124 e. The van der Waals surface area contributed by atoms with Crippen molar-refractivity contribution in [1.82, 2.24) is 10.3 Å². The lowest BCUT2D eigenvalue weighted by molar-refractivity contribution is 0.0276. The molecule has 3 nitrogen and oxygen atoms in total. The molecule has 2 aromatic rings. The van der Waals surface area contributed by atoms with Crippen LogP contribution in [-0.2, 0) is 11.2 Å². The number of aromatic nitrogens is 1. The van der Waals surface area contributed by atoms with Crippen LogP contribution in [-0.4, -0.2) is 24.7 Å². The standard InChI is InChI=1S/C16H18N2OS/c1-10-8-14-15(12-5-3-2-4-11(10)12)18-16(20-14)13-9-17-6-7-19-13/h2-5,10,13,17H,6-9H2,1H3. The van der Waals surface area contributed by atoms with Crippen LogP contribution < -0.4 is 5.32 Å². The van der Waals surface area contributed by atoms with Crippen LogP contribution in [0.4, 0.5) is 0 Å². The predicted octanol–water partition coefficient (Wildman–Crippen LogP) is 3.13. The quantitative estimate of drug-likeness (QED) is 0.874. The lowest BCUT2D eigenvalue weighted by Crippen LogP contribution is -2.33. The Morgan fingerprint density at radius 2 is 2.25 bits per heavy atom. The number of fused-ring (bicyclic) bond motifs is 3. The number of morpholine rings is 1. The summed E-state index contributed by atoms with van der Waals surface area (Å²) >= 11 is 1.83. The minimum atomic E-state index is 0.127. The molecular weight excluding hydrogens is 268 g/mol. The first-order chi connectivity index (χ1) is 9.83. The highest BCUT2D eigenvalue weighted by Crippen LogP contribution is 2.42. The lowest BCUT2D eigenvalue weighted by atomic mass is 9.86. The Bertz CT molecular complexity index is 631. The van der Waals surface area contributed by atoms with Crippen LogP contribution in [0, 0.1) is 0 Å². The zero-order valence-corrected chi connectivity index (χ0v) is 12.4. The Balaban J connectivity index is 1.76. The summed E-state index contributed by atoms with van der Waals surface area (Å²) < 4.78 is 5.84. The third kappa shape index (κ3) is 1.99. The molecule has 1 fully saturated rings. The number of nitrogens with zero attached hydrogens (tertiary/aromatic N) is 1. The highest BCUT2D eigenvalue weighted by molar-refractivity contribution is 7.12. The molecule has 20 heavy (non-hydrogen) atoms. The molecule has 1 aliphatic carbocycles. The minimum Gasteiger partial charge on any atom is -0.368 e. The third-order valence-electron chi connectivity index (χ3n) is 4.16. The van der Waals surface area contributed by atoms with E-state index in [1.807, 2.05) is 11.3 Å². The van der Waals surface area contributed by atoms with Gasteiger partial charge < -0.3 is 10.1 Å². The van der Waals surface area contributed by atoms with Gasteiger partial charge >= 0.3 is 0 Å². The molecule has 104 valence electrons. The van der Waals surface area contributed by atoms with Gasteiger partial charge in [0.05, 0.1) is 12.3 Å². The Labute approximate surface area is 123 Å². The molecule has 0 radical (unpaired) electrons. The average Bonchev–Trinajstić information content (AvgIpc) is 2.93. The number of ether oxygens (including phenoxy) is 1. The first-order valence-electron chi connectivity index (χ1n) is 7.24. The highest BCUT2D eigenvalue weighted by Gasteiger charge is 2.28. The predicted molar refractivity (Wildman–Crippen MR) is 81.2 cm³/mol. The van der Waals surface area contributed by atoms with Crippen molar-refractivity contribution in [2.45, 2.75) is 25.4 Å². The number of hydrogen-bond donors (Lipinski definition) is 1. The highest BCUT2D eigenvalue weighted by atomic mass is 32.1. The van der Waals surface area contributed by atoms with Crippen LogP contribution >= 0.6 is 11.3 Å². The third-order valence-corrected chi connectivity index (χ3v) is 5.33. The molecule has 0 spiro atoms. The van der Waals surface area contributed by atoms with Gasteiger partial charge in [0.25, 0.3) is 0 Å². The molecule has 2 heterocycles. The van der Waals surface area contributed by atoms with Gasteiger partial charge in [0.15, 0.2) is 0 Å². The summed E-state index contributed by atoms with van der Waals surface area (Å²) in [4.78, 5) is 6.32. The number of rotatable bonds is 1. The second-order valence-electron chi connectivity index (χ2n) is 5.58. The van der Waals surface area contributed by atoms with Crippen molar-refractivity contribution in [1.29, 1.82) is 0 Å². The van der Waals surface area contributed by atoms with E-state index in [4.69, 9.17) is 9.72 Å². The van der Waals surface area contributed by atoms with E-state index < -0.39 is 0 Å².